The first-order valence-corrected chi connectivity index (χ1v) is 7.40. The fraction of sp³-hybridized carbons (Fsp3) is 0.222. The van der Waals surface area contributed by atoms with Crippen LogP contribution in [0.1, 0.15) is 47.1 Å². The number of rotatable bonds is 4. The molecule has 0 aliphatic rings. The number of aromatic carboxylic acids is 2. The van der Waals surface area contributed by atoms with Gasteiger partial charge in [0.2, 0.25) is 0 Å². The van der Waals surface area contributed by atoms with E-state index in [1.54, 1.807) is 0 Å². The summed E-state index contributed by atoms with van der Waals surface area (Å²) < 4.78 is 0. The minimum atomic E-state index is -0.952. The summed E-state index contributed by atoms with van der Waals surface area (Å²) >= 11 is 0. The standard InChI is InChI=1S/2C9H10O3.Na.H/c2*1-2-6-5-7(10)3-4-8(6)9(11)12;;/h2*3-5,10H,2H2,1H3,(H,11,12);;/q;;+1;-1. The van der Waals surface area contributed by atoms with Crippen LogP contribution in [-0.4, -0.2) is 32.4 Å². The van der Waals surface area contributed by atoms with Crippen molar-refractivity contribution in [3.63, 3.8) is 0 Å². The molecule has 7 heteroatoms. The molecule has 0 bridgehead atoms. The molecule has 2 rings (SSSR count). The quantitative estimate of drug-likeness (QED) is 0.591. The Morgan fingerprint density at radius 1 is 0.800 bits per heavy atom. The molecule has 0 saturated carbocycles. The predicted molar refractivity (Wildman–Crippen MR) is 90.0 cm³/mol. The van der Waals surface area contributed by atoms with E-state index in [9.17, 15) is 9.59 Å². The number of phenols is 2. The molecule has 0 unspecified atom stereocenters. The maximum absolute atomic E-state index is 10.6. The first-order valence-electron chi connectivity index (χ1n) is 7.40. The Bertz CT molecular complexity index is 685. The number of aryl methyl sites for hydroxylation is 2. The Kier molecular flexibility index (Phi) is 9.89. The summed E-state index contributed by atoms with van der Waals surface area (Å²) in [5.74, 6) is -1.69. The molecule has 25 heavy (non-hydrogen) atoms. The Hall–Kier alpha value is -2.02. The van der Waals surface area contributed by atoms with Crippen molar-refractivity contribution in [2.75, 3.05) is 0 Å². The summed E-state index contributed by atoms with van der Waals surface area (Å²) in [6, 6.07) is 8.53. The second-order valence-corrected chi connectivity index (χ2v) is 5.00. The Morgan fingerprint density at radius 2 is 1.12 bits per heavy atom. The van der Waals surface area contributed by atoms with Gasteiger partial charge in [0.1, 0.15) is 11.5 Å². The summed E-state index contributed by atoms with van der Waals surface area (Å²) in [6.07, 6.45) is 1.21. The maximum Gasteiger partial charge on any atom is 1.00 e. The van der Waals surface area contributed by atoms with E-state index in [0.29, 0.717) is 24.0 Å². The van der Waals surface area contributed by atoms with Gasteiger partial charge in [0.25, 0.3) is 0 Å². The summed E-state index contributed by atoms with van der Waals surface area (Å²) in [7, 11) is 0. The van der Waals surface area contributed by atoms with Gasteiger partial charge in [-0.25, -0.2) is 9.59 Å². The molecule has 0 amide bonds. The largest absolute Gasteiger partial charge is 1.00 e. The van der Waals surface area contributed by atoms with Crippen molar-refractivity contribution in [2.24, 2.45) is 0 Å². The molecular formula is C18H21NaO6. The Morgan fingerprint density at radius 3 is 1.36 bits per heavy atom. The van der Waals surface area contributed by atoms with Crippen LogP contribution in [0.2, 0.25) is 0 Å². The molecule has 4 N–H and O–H groups in total. The maximum atomic E-state index is 10.6. The second-order valence-electron chi connectivity index (χ2n) is 5.00. The molecule has 0 heterocycles. The van der Waals surface area contributed by atoms with E-state index in [1.807, 2.05) is 13.8 Å². The van der Waals surface area contributed by atoms with Gasteiger partial charge in [0, 0.05) is 0 Å². The third-order valence-corrected chi connectivity index (χ3v) is 3.40. The number of carbonyl (C=O) groups is 2. The minimum Gasteiger partial charge on any atom is -1.00 e. The molecule has 0 aliphatic heterocycles. The van der Waals surface area contributed by atoms with Gasteiger partial charge < -0.3 is 21.9 Å². The summed E-state index contributed by atoms with van der Waals surface area (Å²) in [4.78, 5) is 21.2. The number of hydrogen-bond acceptors (Lipinski definition) is 4. The van der Waals surface area contributed by atoms with Crippen LogP contribution in [0.15, 0.2) is 36.4 Å². The topological polar surface area (TPSA) is 115 Å². The molecule has 0 spiro atoms. The third kappa shape index (κ3) is 6.78. The Balaban J connectivity index is 0. The van der Waals surface area contributed by atoms with Crippen LogP contribution in [0.5, 0.6) is 11.5 Å². The number of hydrogen-bond donors (Lipinski definition) is 4. The number of carboxylic acids is 2. The van der Waals surface area contributed by atoms with Crippen molar-refractivity contribution in [1.82, 2.24) is 0 Å². The van der Waals surface area contributed by atoms with Gasteiger partial charge in [0.05, 0.1) is 11.1 Å². The van der Waals surface area contributed by atoms with Crippen molar-refractivity contribution >= 4 is 11.9 Å². The molecule has 0 aliphatic carbocycles. The molecule has 0 saturated heterocycles. The van der Waals surface area contributed by atoms with Gasteiger partial charge in [-0.05, 0) is 60.4 Å². The van der Waals surface area contributed by atoms with Gasteiger partial charge in [-0.15, -0.1) is 0 Å². The zero-order chi connectivity index (χ0) is 18.3. The molecule has 6 nitrogen and oxygen atoms in total. The fourth-order valence-electron chi connectivity index (χ4n) is 2.16. The van der Waals surface area contributed by atoms with Gasteiger partial charge in [-0.3, -0.25) is 0 Å². The summed E-state index contributed by atoms with van der Waals surface area (Å²) in [5.41, 5.74) is 1.83. The molecular weight excluding hydrogens is 335 g/mol. The molecule has 130 valence electrons. The molecule has 0 fully saturated rings. The number of aromatic hydroxyl groups is 2. The normalized spacial score (nSPS) is 9.36. The van der Waals surface area contributed by atoms with Crippen LogP contribution in [0.25, 0.3) is 0 Å². The summed E-state index contributed by atoms with van der Waals surface area (Å²) in [5, 5.41) is 35.5. The van der Waals surface area contributed by atoms with Crippen molar-refractivity contribution in [3.8, 4) is 11.5 Å². The number of carboxylic acid groups (broad SMARTS) is 2. The van der Waals surface area contributed by atoms with Crippen LogP contribution in [0.3, 0.4) is 0 Å². The van der Waals surface area contributed by atoms with E-state index in [0.717, 1.165) is 0 Å². The van der Waals surface area contributed by atoms with E-state index in [4.69, 9.17) is 20.4 Å². The zero-order valence-corrected chi connectivity index (χ0v) is 16.5. The summed E-state index contributed by atoms with van der Waals surface area (Å²) in [6.45, 7) is 3.70. The van der Waals surface area contributed by atoms with Gasteiger partial charge in [-0.1, -0.05) is 13.8 Å². The third-order valence-electron chi connectivity index (χ3n) is 3.40. The van der Waals surface area contributed by atoms with Gasteiger partial charge >= 0.3 is 41.5 Å². The van der Waals surface area contributed by atoms with Crippen molar-refractivity contribution < 1.29 is 61.0 Å². The molecule has 2 aromatic carbocycles. The van der Waals surface area contributed by atoms with Crippen molar-refractivity contribution in [1.29, 1.82) is 0 Å². The average Bonchev–Trinajstić information content (AvgIpc) is 2.54. The van der Waals surface area contributed by atoms with Crippen LogP contribution < -0.4 is 29.6 Å². The van der Waals surface area contributed by atoms with Crippen LogP contribution in [-0.2, 0) is 12.8 Å². The van der Waals surface area contributed by atoms with Crippen LogP contribution in [0, 0.1) is 0 Å². The first kappa shape index (κ1) is 23.0. The van der Waals surface area contributed by atoms with Crippen LogP contribution >= 0.6 is 0 Å². The molecule has 0 aromatic heterocycles. The second kappa shape index (κ2) is 10.8. The van der Waals surface area contributed by atoms with Gasteiger partial charge in [-0.2, -0.15) is 0 Å². The van der Waals surface area contributed by atoms with Crippen molar-refractivity contribution in [3.05, 3.63) is 58.7 Å². The predicted octanol–water partition coefficient (Wildman–Crippen LogP) is 0.422. The zero-order valence-electron chi connectivity index (χ0n) is 15.5. The van der Waals surface area contributed by atoms with E-state index >= 15 is 0 Å². The molecule has 0 atom stereocenters. The smallest absolute Gasteiger partial charge is 1.00 e. The van der Waals surface area contributed by atoms with E-state index in [2.05, 4.69) is 0 Å². The monoisotopic (exact) mass is 356 g/mol. The number of benzene rings is 2. The fourth-order valence-corrected chi connectivity index (χ4v) is 2.16. The van der Waals surface area contributed by atoms with Gasteiger partial charge in [0.15, 0.2) is 0 Å². The molecule has 0 radical (unpaired) electrons. The number of phenolic OH excluding ortho intramolecular Hbond substituents is 2. The van der Waals surface area contributed by atoms with E-state index in [1.165, 1.54) is 36.4 Å². The SMILES string of the molecule is CCc1cc(O)ccc1C(=O)O.CCc1cc(O)ccc1C(=O)O.[H-].[Na+]. The molecule has 2 aromatic rings. The first-order chi connectivity index (χ1) is 11.3. The average molecular weight is 356 g/mol. The van der Waals surface area contributed by atoms with Crippen LogP contribution in [0.4, 0.5) is 0 Å². The van der Waals surface area contributed by atoms with E-state index < -0.39 is 11.9 Å². The van der Waals surface area contributed by atoms with E-state index in [-0.39, 0.29) is 53.6 Å². The van der Waals surface area contributed by atoms with Crippen molar-refractivity contribution in [2.45, 2.75) is 26.7 Å². The minimum absolute atomic E-state index is 0. The Labute approximate surface area is 169 Å².